The third kappa shape index (κ3) is 4.66. The van der Waals surface area contributed by atoms with Gasteiger partial charge in [0.15, 0.2) is 0 Å². The molecule has 1 amide bonds. The molecule has 1 aliphatic heterocycles. The second kappa shape index (κ2) is 9.00. The van der Waals surface area contributed by atoms with Gasteiger partial charge in [-0.1, -0.05) is 12.1 Å². The van der Waals surface area contributed by atoms with Crippen LogP contribution in [0.25, 0.3) is 11.1 Å². The van der Waals surface area contributed by atoms with Crippen molar-refractivity contribution < 1.29 is 18.7 Å². The highest BCUT2D eigenvalue weighted by molar-refractivity contribution is 5.94. The van der Waals surface area contributed by atoms with Crippen LogP contribution >= 0.6 is 0 Å². The van der Waals surface area contributed by atoms with Crippen LogP contribution in [0.2, 0.25) is 0 Å². The number of methoxy groups -OCH3 is 1. The number of likely N-dealkylation sites (N-methyl/N-ethyl adjacent to an activating group) is 1. The summed E-state index contributed by atoms with van der Waals surface area (Å²) in [6.07, 6.45) is 3.38. The van der Waals surface area contributed by atoms with Crippen molar-refractivity contribution in [1.29, 1.82) is 0 Å². The fourth-order valence-corrected chi connectivity index (χ4v) is 3.43. The fraction of sp³-hybridized carbons (Fsp3) is 0.409. The van der Waals surface area contributed by atoms with E-state index in [1.54, 1.807) is 25.3 Å². The average Bonchev–Trinajstić information content (AvgIpc) is 2.72. The summed E-state index contributed by atoms with van der Waals surface area (Å²) in [5, 5.41) is 0. The molecule has 0 aliphatic carbocycles. The smallest absolute Gasteiger partial charge is 0.253 e. The summed E-state index contributed by atoms with van der Waals surface area (Å²) in [6.45, 7) is 4.01. The van der Waals surface area contributed by atoms with Crippen molar-refractivity contribution in [2.24, 2.45) is 0 Å². The lowest BCUT2D eigenvalue weighted by atomic mass is 10.0. The van der Waals surface area contributed by atoms with Gasteiger partial charge in [-0.05, 0) is 62.1 Å². The summed E-state index contributed by atoms with van der Waals surface area (Å²) in [4.78, 5) is 14.7. The van der Waals surface area contributed by atoms with E-state index in [9.17, 15) is 9.18 Å². The van der Waals surface area contributed by atoms with E-state index in [4.69, 9.17) is 9.47 Å². The molecule has 0 bridgehead atoms. The van der Waals surface area contributed by atoms with Gasteiger partial charge in [0.2, 0.25) is 0 Å². The lowest BCUT2D eigenvalue weighted by molar-refractivity contribution is -0.00311. The molecule has 1 fully saturated rings. The molecule has 4 nitrogen and oxygen atoms in total. The van der Waals surface area contributed by atoms with Crippen molar-refractivity contribution in [3.05, 3.63) is 53.8 Å². The number of halogens is 1. The number of ether oxygens (including phenoxy) is 2. The Kier molecular flexibility index (Phi) is 6.45. The largest absolute Gasteiger partial charge is 0.496 e. The summed E-state index contributed by atoms with van der Waals surface area (Å²) in [5.41, 5.74) is 2.09. The third-order valence-corrected chi connectivity index (χ3v) is 4.97. The van der Waals surface area contributed by atoms with E-state index in [1.807, 2.05) is 24.0 Å². The second-order valence-corrected chi connectivity index (χ2v) is 6.75. The highest BCUT2D eigenvalue weighted by atomic mass is 19.1. The van der Waals surface area contributed by atoms with E-state index in [1.165, 1.54) is 12.1 Å². The van der Waals surface area contributed by atoms with Gasteiger partial charge in [-0.3, -0.25) is 4.79 Å². The van der Waals surface area contributed by atoms with Gasteiger partial charge in [0, 0.05) is 30.8 Å². The second-order valence-electron chi connectivity index (χ2n) is 6.75. The van der Waals surface area contributed by atoms with Gasteiger partial charge in [0.1, 0.15) is 11.6 Å². The lowest BCUT2D eigenvalue weighted by Gasteiger charge is -2.29. The predicted octanol–water partition coefficient (Wildman–Crippen LogP) is 4.53. The van der Waals surface area contributed by atoms with Crippen LogP contribution in [0, 0.1) is 5.82 Å². The number of amides is 1. The average molecular weight is 371 g/mol. The summed E-state index contributed by atoms with van der Waals surface area (Å²) in [5.74, 6) is 0.264. The Morgan fingerprint density at radius 2 is 2.00 bits per heavy atom. The first-order valence-electron chi connectivity index (χ1n) is 9.47. The molecule has 27 heavy (non-hydrogen) atoms. The zero-order valence-corrected chi connectivity index (χ0v) is 15.9. The molecule has 1 heterocycles. The van der Waals surface area contributed by atoms with Crippen LogP contribution in [0.4, 0.5) is 4.39 Å². The van der Waals surface area contributed by atoms with Gasteiger partial charge < -0.3 is 14.4 Å². The van der Waals surface area contributed by atoms with E-state index < -0.39 is 0 Å². The van der Waals surface area contributed by atoms with Crippen LogP contribution in [-0.4, -0.2) is 43.7 Å². The van der Waals surface area contributed by atoms with Crippen molar-refractivity contribution in [2.45, 2.75) is 32.3 Å². The Bertz CT molecular complexity index is 770. The van der Waals surface area contributed by atoms with E-state index in [2.05, 4.69) is 0 Å². The molecule has 144 valence electrons. The predicted molar refractivity (Wildman–Crippen MR) is 104 cm³/mol. The number of carbonyl (C=O) groups excluding carboxylic acids is 1. The minimum Gasteiger partial charge on any atom is -0.496 e. The van der Waals surface area contributed by atoms with Crippen molar-refractivity contribution in [2.75, 3.05) is 26.8 Å². The number of nitrogens with zero attached hydrogens (tertiary/aromatic N) is 1. The number of benzene rings is 2. The van der Waals surface area contributed by atoms with Crippen LogP contribution in [0.5, 0.6) is 5.75 Å². The van der Waals surface area contributed by atoms with E-state index in [0.29, 0.717) is 30.0 Å². The lowest BCUT2D eigenvalue weighted by Crippen LogP contribution is -2.39. The Labute approximate surface area is 159 Å². The molecule has 0 saturated carbocycles. The zero-order valence-electron chi connectivity index (χ0n) is 15.9. The van der Waals surface area contributed by atoms with Crippen LogP contribution in [0.3, 0.4) is 0 Å². The quantitative estimate of drug-likeness (QED) is 0.749. The molecule has 2 aromatic carbocycles. The van der Waals surface area contributed by atoms with E-state index in [-0.39, 0.29) is 17.8 Å². The maximum atomic E-state index is 13.6. The Morgan fingerprint density at radius 1 is 1.22 bits per heavy atom. The van der Waals surface area contributed by atoms with Gasteiger partial charge in [0.05, 0.1) is 13.2 Å². The van der Waals surface area contributed by atoms with Crippen molar-refractivity contribution in [3.8, 4) is 16.9 Å². The molecule has 0 unspecified atom stereocenters. The third-order valence-electron chi connectivity index (χ3n) is 4.97. The van der Waals surface area contributed by atoms with Crippen molar-refractivity contribution >= 4 is 5.91 Å². The van der Waals surface area contributed by atoms with Gasteiger partial charge in [-0.2, -0.15) is 0 Å². The SMILES string of the molecule is CCN(C[C@@H]1CCCCO1)C(=O)c1ccc(-c2cc(F)ccc2OC)cc1. The molecular formula is C22H26FNO3. The monoisotopic (exact) mass is 371 g/mol. The topological polar surface area (TPSA) is 38.8 Å². The molecular weight excluding hydrogens is 345 g/mol. The molecule has 1 atom stereocenters. The molecule has 0 aromatic heterocycles. The normalized spacial score (nSPS) is 16.8. The molecule has 5 heteroatoms. The Hall–Kier alpha value is -2.40. The minimum atomic E-state index is -0.324. The van der Waals surface area contributed by atoms with Gasteiger partial charge in [-0.15, -0.1) is 0 Å². The van der Waals surface area contributed by atoms with Crippen LogP contribution in [0.15, 0.2) is 42.5 Å². The molecule has 1 aliphatic rings. The first kappa shape index (κ1) is 19.4. The number of hydrogen-bond donors (Lipinski definition) is 0. The van der Waals surface area contributed by atoms with E-state index in [0.717, 1.165) is 31.4 Å². The molecule has 0 radical (unpaired) electrons. The molecule has 1 saturated heterocycles. The van der Waals surface area contributed by atoms with Crippen molar-refractivity contribution in [3.63, 3.8) is 0 Å². The minimum absolute atomic E-state index is 0.00979. The van der Waals surface area contributed by atoms with E-state index >= 15 is 0 Å². The number of hydrogen-bond acceptors (Lipinski definition) is 3. The van der Waals surface area contributed by atoms with Gasteiger partial charge >= 0.3 is 0 Å². The number of rotatable bonds is 6. The molecule has 0 N–H and O–H groups in total. The summed E-state index contributed by atoms with van der Waals surface area (Å²) in [6, 6.07) is 11.6. The zero-order chi connectivity index (χ0) is 19.2. The Balaban J connectivity index is 1.75. The highest BCUT2D eigenvalue weighted by Crippen LogP contribution is 2.31. The Morgan fingerprint density at radius 3 is 2.63 bits per heavy atom. The maximum Gasteiger partial charge on any atom is 0.253 e. The maximum absolute atomic E-state index is 13.6. The first-order chi connectivity index (χ1) is 13.1. The molecule has 2 aromatic rings. The summed E-state index contributed by atoms with van der Waals surface area (Å²) < 4.78 is 24.7. The highest BCUT2D eigenvalue weighted by Gasteiger charge is 2.21. The van der Waals surface area contributed by atoms with Crippen LogP contribution < -0.4 is 4.74 Å². The van der Waals surface area contributed by atoms with Crippen molar-refractivity contribution in [1.82, 2.24) is 4.90 Å². The van der Waals surface area contributed by atoms with Gasteiger partial charge in [-0.25, -0.2) is 4.39 Å². The van der Waals surface area contributed by atoms with Crippen LogP contribution in [0.1, 0.15) is 36.5 Å². The summed E-state index contributed by atoms with van der Waals surface area (Å²) in [7, 11) is 1.56. The van der Waals surface area contributed by atoms with Gasteiger partial charge in [0.25, 0.3) is 5.91 Å². The van der Waals surface area contributed by atoms with Crippen LogP contribution in [-0.2, 0) is 4.74 Å². The number of carbonyl (C=O) groups is 1. The molecule has 0 spiro atoms. The standard InChI is InChI=1S/C22H26FNO3/c1-3-24(15-19-6-4-5-13-27-19)22(25)17-9-7-16(8-10-17)20-14-18(23)11-12-21(20)26-2/h7-12,14,19H,3-6,13,15H2,1-2H3/t19-/m0/s1. The summed E-state index contributed by atoms with van der Waals surface area (Å²) >= 11 is 0. The molecule has 3 rings (SSSR count). The fourth-order valence-electron chi connectivity index (χ4n) is 3.43. The first-order valence-corrected chi connectivity index (χ1v) is 9.47.